The molecular weight excluding hydrogens is 236 g/mol. The number of anilines is 1. The third-order valence-corrected chi connectivity index (χ3v) is 3.86. The second-order valence-electron chi connectivity index (χ2n) is 6.19. The molecule has 1 aromatic rings. The Morgan fingerprint density at radius 3 is 2.16 bits per heavy atom. The number of amides is 1. The van der Waals surface area contributed by atoms with Crippen LogP contribution >= 0.6 is 0 Å². The zero-order valence-electron chi connectivity index (χ0n) is 12.7. The number of rotatable bonds is 5. The van der Waals surface area contributed by atoms with E-state index in [9.17, 15) is 4.79 Å². The summed E-state index contributed by atoms with van der Waals surface area (Å²) in [4.78, 5) is 12.0. The van der Waals surface area contributed by atoms with Gasteiger partial charge in [-0.3, -0.25) is 4.79 Å². The van der Waals surface area contributed by atoms with E-state index in [4.69, 9.17) is 5.73 Å². The van der Waals surface area contributed by atoms with Crippen LogP contribution in [0.25, 0.3) is 0 Å². The SMILES string of the molecule is CC(C)C(C)C(=O)Nc1ccc(C(C)(C)CN)cc1. The van der Waals surface area contributed by atoms with Crippen LogP contribution in [-0.2, 0) is 10.2 Å². The van der Waals surface area contributed by atoms with Gasteiger partial charge in [-0.25, -0.2) is 0 Å². The fourth-order valence-electron chi connectivity index (χ4n) is 1.68. The number of carbonyl (C=O) groups is 1. The van der Waals surface area contributed by atoms with Crippen molar-refractivity contribution >= 4 is 11.6 Å². The molecule has 1 unspecified atom stereocenters. The molecule has 0 spiro atoms. The molecule has 19 heavy (non-hydrogen) atoms. The molecule has 0 aliphatic carbocycles. The Morgan fingerprint density at radius 2 is 1.74 bits per heavy atom. The van der Waals surface area contributed by atoms with Crippen LogP contribution in [0.3, 0.4) is 0 Å². The molecule has 0 saturated heterocycles. The summed E-state index contributed by atoms with van der Waals surface area (Å²) in [5.41, 5.74) is 7.75. The Morgan fingerprint density at radius 1 is 1.21 bits per heavy atom. The van der Waals surface area contributed by atoms with E-state index < -0.39 is 0 Å². The molecule has 1 amide bonds. The van der Waals surface area contributed by atoms with Crippen molar-refractivity contribution in [3.05, 3.63) is 29.8 Å². The van der Waals surface area contributed by atoms with Crippen molar-refractivity contribution in [3.8, 4) is 0 Å². The standard InChI is InChI=1S/C16H26N2O/c1-11(2)12(3)15(19)18-14-8-6-13(7-9-14)16(4,5)10-17/h6-9,11-12H,10,17H2,1-5H3,(H,18,19). The maximum Gasteiger partial charge on any atom is 0.227 e. The van der Waals surface area contributed by atoms with Gasteiger partial charge in [0.05, 0.1) is 0 Å². The highest BCUT2D eigenvalue weighted by Crippen LogP contribution is 2.23. The van der Waals surface area contributed by atoms with Gasteiger partial charge in [-0.2, -0.15) is 0 Å². The summed E-state index contributed by atoms with van der Waals surface area (Å²) in [6.07, 6.45) is 0. The predicted octanol–water partition coefficient (Wildman–Crippen LogP) is 3.15. The van der Waals surface area contributed by atoms with Gasteiger partial charge in [-0.05, 0) is 23.6 Å². The molecule has 1 rings (SSSR count). The van der Waals surface area contributed by atoms with Crippen LogP contribution in [-0.4, -0.2) is 12.5 Å². The summed E-state index contributed by atoms with van der Waals surface area (Å²) in [5, 5.41) is 2.95. The highest BCUT2D eigenvalue weighted by molar-refractivity contribution is 5.92. The molecule has 3 N–H and O–H groups in total. The molecule has 0 fully saturated rings. The molecule has 1 aromatic carbocycles. The summed E-state index contributed by atoms with van der Waals surface area (Å²) < 4.78 is 0. The van der Waals surface area contributed by atoms with E-state index in [1.54, 1.807) is 0 Å². The van der Waals surface area contributed by atoms with Crippen molar-refractivity contribution in [1.82, 2.24) is 0 Å². The molecule has 0 aromatic heterocycles. The Hall–Kier alpha value is -1.35. The van der Waals surface area contributed by atoms with Gasteiger partial charge in [-0.1, -0.05) is 46.8 Å². The number of nitrogens with two attached hydrogens (primary N) is 1. The van der Waals surface area contributed by atoms with Gasteiger partial charge in [0.2, 0.25) is 5.91 Å². The van der Waals surface area contributed by atoms with Crippen molar-refractivity contribution in [2.24, 2.45) is 17.6 Å². The van der Waals surface area contributed by atoms with Gasteiger partial charge in [-0.15, -0.1) is 0 Å². The highest BCUT2D eigenvalue weighted by Gasteiger charge is 2.19. The predicted molar refractivity (Wildman–Crippen MR) is 81.2 cm³/mol. The lowest BCUT2D eigenvalue weighted by molar-refractivity contribution is -0.120. The molecular formula is C16H26N2O. The number of hydrogen-bond donors (Lipinski definition) is 2. The Labute approximate surface area is 116 Å². The number of nitrogens with one attached hydrogen (secondary N) is 1. The lowest BCUT2D eigenvalue weighted by atomic mass is 9.85. The summed E-state index contributed by atoms with van der Waals surface area (Å²) in [6.45, 7) is 10.9. The van der Waals surface area contributed by atoms with Crippen LogP contribution in [0.5, 0.6) is 0 Å². The lowest BCUT2D eigenvalue weighted by Crippen LogP contribution is -2.28. The van der Waals surface area contributed by atoms with Gasteiger partial charge >= 0.3 is 0 Å². The summed E-state index contributed by atoms with van der Waals surface area (Å²) >= 11 is 0. The van der Waals surface area contributed by atoms with Gasteiger partial charge in [0, 0.05) is 23.6 Å². The maximum absolute atomic E-state index is 12.0. The zero-order chi connectivity index (χ0) is 14.6. The number of hydrogen-bond acceptors (Lipinski definition) is 2. The Kier molecular flexibility index (Phi) is 5.12. The first kappa shape index (κ1) is 15.7. The molecule has 0 radical (unpaired) electrons. The van der Waals surface area contributed by atoms with E-state index in [2.05, 4.69) is 33.0 Å². The molecule has 0 bridgehead atoms. The van der Waals surface area contributed by atoms with Crippen LogP contribution in [0.2, 0.25) is 0 Å². The first-order chi connectivity index (χ1) is 8.77. The van der Waals surface area contributed by atoms with Crippen molar-refractivity contribution in [1.29, 1.82) is 0 Å². The Bertz CT molecular complexity index is 421. The van der Waals surface area contributed by atoms with E-state index in [0.29, 0.717) is 12.5 Å². The smallest absolute Gasteiger partial charge is 0.227 e. The van der Waals surface area contributed by atoms with Gasteiger partial charge in [0.25, 0.3) is 0 Å². The summed E-state index contributed by atoms with van der Waals surface area (Å²) in [6, 6.07) is 7.94. The monoisotopic (exact) mass is 262 g/mol. The quantitative estimate of drug-likeness (QED) is 0.856. The van der Waals surface area contributed by atoms with Crippen molar-refractivity contribution in [2.75, 3.05) is 11.9 Å². The van der Waals surface area contributed by atoms with E-state index in [-0.39, 0.29) is 17.2 Å². The molecule has 0 aliphatic rings. The van der Waals surface area contributed by atoms with Crippen LogP contribution in [0.15, 0.2) is 24.3 Å². The average Bonchev–Trinajstić information content (AvgIpc) is 2.38. The highest BCUT2D eigenvalue weighted by atomic mass is 16.1. The second-order valence-corrected chi connectivity index (χ2v) is 6.19. The van der Waals surface area contributed by atoms with Crippen molar-refractivity contribution in [3.63, 3.8) is 0 Å². The fourth-order valence-corrected chi connectivity index (χ4v) is 1.68. The maximum atomic E-state index is 12.0. The third kappa shape index (κ3) is 4.06. The van der Waals surface area contributed by atoms with E-state index in [1.165, 1.54) is 5.56 Å². The van der Waals surface area contributed by atoms with Crippen molar-refractivity contribution in [2.45, 2.75) is 40.0 Å². The molecule has 0 saturated carbocycles. The molecule has 106 valence electrons. The number of carbonyl (C=O) groups excluding carboxylic acids is 1. The minimum absolute atomic E-state index is 0.0140. The third-order valence-electron chi connectivity index (χ3n) is 3.86. The summed E-state index contributed by atoms with van der Waals surface area (Å²) in [7, 11) is 0. The molecule has 0 aliphatic heterocycles. The lowest BCUT2D eigenvalue weighted by Gasteiger charge is -2.23. The van der Waals surface area contributed by atoms with Crippen LogP contribution in [0.1, 0.15) is 40.2 Å². The minimum Gasteiger partial charge on any atom is -0.330 e. The van der Waals surface area contributed by atoms with Gasteiger partial charge in [0.1, 0.15) is 0 Å². The van der Waals surface area contributed by atoms with Crippen LogP contribution in [0.4, 0.5) is 5.69 Å². The first-order valence-corrected chi connectivity index (χ1v) is 6.89. The normalized spacial score (nSPS) is 13.4. The first-order valence-electron chi connectivity index (χ1n) is 6.89. The van der Waals surface area contributed by atoms with Crippen LogP contribution in [0, 0.1) is 11.8 Å². The molecule has 0 heterocycles. The second kappa shape index (κ2) is 6.20. The summed E-state index contributed by atoms with van der Waals surface area (Å²) in [5.74, 6) is 0.427. The van der Waals surface area contributed by atoms with E-state index in [1.807, 2.05) is 31.2 Å². The van der Waals surface area contributed by atoms with Gasteiger partial charge in [0.15, 0.2) is 0 Å². The minimum atomic E-state index is -0.0340. The van der Waals surface area contributed by atoms with Crippen LogP contribution < -0.4 is 11.1 Å². The molecule has 1 atom stereocenters. The largest absolute Gasteiger partial charge is 0.330 e. The van der Waals surface area contributed by atoms with Gasteiger partial charge < -0.3 is 11.1 Å². The molecule has 3 nitrogen and oxygen atoms in total. The van der Waals surface area contributed by atoms with Crippen molar-refractivity contribution < 1.29 is 4.79 Å². The topological polar surface area (TPSA) is 55.1 Å². The van der Waals surface area contributed by atoms with E-state index in [0.717, 1.165) is 5.69 Å². The van der Waals surface area contributed by atoms with E-state index >= 15 is 0 Å². The fraction of sp³-hybridized carbons (Fsp3) is 0.562. The Balaban J connectivity index is 2.75. The average molecular weight is 262 g/mol. The molecule has 3 heteroatoms. The number of benzene rings is 1. The zero-order valence-corrected chi connectivity index (χ0v) is 12.7.